The summed E-state index contributed by atoms with van der Waals surface area (Å²) in [6.45, 7) is 3.77. The van der Waals surface area contributed by atoms with Crippen molar-refractivity contribution in [3.05, 3.63) is 80.9 Å². The van der Waals surface area contributed by atoms with Gasteiger partial charge in [0.25, 0.3) is 11.5 Å². The van der Waals surface area contributed by atoms with E-state index in [4.69, 9.17) is 9.26 Å². The second-order valence-electron chi connectivity index (χ2n) is 8.61. The van der Waals surface area contributed by atoms with Crippen LogP contribution in [-0.2, 0) is 19.9 Å². The maximum Gasteiger partial charge on any atom is 0.295 e. The fraction of sp³-hybridized carbons (Fsp3) is 0.269. The highest BCUT2D eigenvalue weighted by Gasteiger charge is 2.28. The summed E-state index contributed by atoms with van der Waals surface area (Å²) in [5.41, 5.74) is 5.33. The fourth-order valence-corrected chi connectivity index (χ4v) is 4.59. The Labute approximate surface area is 196 Å². The van der Waals surface area contributed by atoms with Crippen LogP contribution in [0.5, 0.6) is 5.75 Å². The summed E-state index contributed by atoms with van der Waals surface area (Å²) in [5.74, 6) is 0.926. The second-order valence-corrected chi connectivity index (χ2v) is 8.61. The highest BCUT2D eigenvalue weighted by atomic mass is 16.5. The first-order valence-electron chi connectivity index (χ1n) is 11.2. The van der Waals surface area contributed by atoms with Crippen molar-refractivity contribution in [1.29, 1.82) is 0 Å². The van der Waals surface area contributed by atoms with Gasteiger partial charge < -0.3 is 14.6 Å². The molecule has 8 nitrogen and oxygen atoms in total. The summed E-state index contributed by atoms with van der Waals surface area (Å²) in [6, 6.07) is 13.5. The first kappa shape index (κ1) is 21.8. The van der Waals surface area contributed by atoms with Crippen molar-refractivity contribution in [2.24, 2.45) is 7.05 Å². The Morgan fingerprint density at radius 2 is 1.97 bits per heavy atom. The molecule has 1 amide bonds. The summed E-state index contributed by atoms with van der Waals surface area (Å²) in [5, 5.41) is 6.91. The Hall–Kier alpha value is -4.07. The van der Waals surface area contributed by atoms with Crippen LogP contribution in [0.25, 0.3) is 17.0 Å². The van der Waals surface area contributed by atoms with Crippen LogP contribution in [0.2, 0.25) is 0 Å². The van der Waals surface area contributed by atoms with Crippen LogP contribution in [0.1, 0.15) is 39.3 Å². The Bertz CT molecular complexity index is 1470. The van der Waals surface area contributed by atoms with E-state index in [0.29, 0.717) is 17.9 Å². The molecule has 2 aromatic carbocycles. The first-order chi connectivity index (χ1) is 16.4. The number of nitrogens with zero attached hydrogens (tertiary/aromatic N) is 3. The van der Waals surface area contributed by atoms with Gasteiger partial charge >= 0.3 is 0 Å². The molecular weight excluding hydrogens is 432 g/mol. The average molecular weight is 459 g/mol. The lowest BCUT2D eigenvalue weighted by molar-refractivity contribution is 0.101. The number of rotatable bonds is 4. The topological polar surface area (TPSA) is 91.3 Å². The molecule has 2 heterocycles. The summed E-state index contributed by atoms with van der Waals surface area (Å²) in [7, 11) is 3.43. The van der Waals surface area contributed by atoms with E-state index < -0.39 is 5.91 Å². The molecule has 0 aliphatic heterocycles. The van der Waals surface area contributed by atoms with E-state index in [1.54, 1.807) is 30.4 Å². The maximum absolute atomic E-state index is 13.3. The third kappa shape index (κ3) is 3.51. The number of hydrogen-bond donors (Lipinski definition) is 1. The van der Waals surface area contributed by atoms with Gasteiger partial charge in [-0.2, -0.15) is 0 Å². The van der Waals surface area contributed by atoms with Crippen LogP contribution in [-0.4, -0.2) is 27.5 Å². The van der Waals surface area contributed by atoms with Crippen molar-refractivity contribution in [1.82, 2.24) is 14.5 Å². The lowest BCUT2D eigenvalue weighted by Gasteiger charge is -2.08. The zero-order valence-corrected chi connectivity index (χ0v) is 19.6. The van der Waals surface area contributed by atoms with Crippen molar-refractivity contribution in [2.75, 3.05) is 12.4 Å². The van der Waals surface area contributed by atoms with Crippen LogP contribution in [0.15, 0.2) is 51.8 Å². The van der Waals surface area contributed by atoms with Gasteiger partial charge in [0, 0.05) is 18.2 Å². The van der Waals surface area contributed by atoms with Crippen LogP contribution in [0.4, 0.5) is 5.69 Å². The van der Waals surface area contributed by atoms with Gasteiger partial charge in [0.1, 0.15) is 11.4 Å². The molecule has 0 saturated heterocycles. The van der Waals surface area contributed by atoms with Crippen LogP contribution in [0, 0.1) is 13.8 Å². The molecule has 8 heteroatoms. The molecule has 0 unspecified atom stereocenters. The van der Waals surface area contributed by atoms with Crippen molar-refractivity contribution >= 4 is 11.6 Å². The Morgan fingerprint density at radius 3 is 2.74 bits per heavy atom. The molecule has 174 valence electrons. The average Bonchev–Trinajstić information content (AvgIpc) is 3.26. The molecule has 0 radical (unpaired) electrons. The molecule has 2 aromatic heterocycles. The van der Waals surface area contributed by atoms with Gasteiger partial charge in [-0.15, -0.1) is 0 Å². The summed E-state index contributed by atoms with van der Waals surface area (Å²) in [4.78, 5) is 26.5. The van der Waals surface area contributed by atoms with Crippen LogP contribution < -0.4 is 15.6 Å². The monoisotopic (exact) mass is 458 g/mol. The van der Waals surface area contributed by atoms with Gasteiger partial charge in [-0.1, -0.05) is 17.3 Å². The predicted octanol–water partition coefficient (Wildman–Crippen LogP) is 4.20. The minimum Gasteiger partial charge on any atom is -0.497 e. The molecule has 4 aromatic rings. The first-order valence-corrected chi connectivity index (χ1v) is 11.2. The van der Waals surface area contributed by atoms with Gasteiger partial charge in [-0.05, 0) is 74.6 Å². The number of aryl methyl sites for hydroxylation is 2. The summed E-state index contributed by atoms with van der Waals surface area (Å²) < 4.78 is 14.3. The van der Waals surface area contributed by atoms with Crippen molar-refractivity contribution in [2.45, 2.75) is 33.1 Å². The zero-order valence-electron chi connectivity index (χ0n) is 19.6. The van der Waals surface area contributed by atoms with Crippen molar-refractivity contribution in [3.8, 4) is 22.8 Å². The zero-order chi connectivity index (χ0) is 24.0. The number of hydrogen-bond acceptors (Lipinski definition) is 5. The quantitative estimate of drug-likeness (QED) is 0.495. The Balaban J connectivity index is 1.51. The molecule has 1 aliphatic rings. The SMILES string of the molecule is COc1ccc2c(c1)CCCc1c(C(=O)Nc3c(C)n(C)n(-c4cccc(C)c4)c3=O)noc1-2. The van der Waals surface area contributed by atoms with Gasteiger partial charge in [0.15, 0.2) is 11.5 Å². The Kier molecular flexibility index (Phi) is 5.36. The lowest BCUT2D eigenvalue weighted by atomic mass is 10.0. The van der Waals surface area contributed by atoms with Gasteiger partial charge in [-0.25, -0.2) is 4.68 Å². The molecule has 5 rings (SSSR count). The lowest BCUT2D eigenvalue weighted by Crippen LogP contribution is -2.23. The summed E-state index contributed by atoms with van der Waals surface area (Å²) >= 11 is 0. The van der Waals surface area contributed by atoms with Gasteiger partial charge in [0.05, 0.1) is 18.5 Å². The third-order valence-corrected chi connectivity index (χ3v) is 6.47. The van der Waals surface area contributed by atoms with E-state index in [0.717, 1.165) is 46.5 Å². The molecule has 1 N–H and O–H groups in total. The number of carbonyl (C=O) groups excluding carboxylic acids is 1. The number of carbonyl (C=O) groups is 1. The van der Waals surface area contributed by atoms with Crippen molar-refractivity contribution < 1.29 is 14.1 Å². The van der Waals surface area contributed by atoms with E-state index in [-0.39, 0.29) is 16.9 Å². The van der Waals surface area contributed by atoms with E-state index in [9.17, 15) is 9.59 Å². The second kappa shape index (κ2) is 8.37. The number of methoxy groups -OCH3 is 1. The van der Waals surface area contributed by atoms with E-state index in [1.807, 2.05) is 49.4 Å². The number of aromatic nitrogens is 3. The molecule has 0 atom stereocenters. The molecule has 0 fully saturated rings. The van der Waals surface area contributed by atoms with Crippen molar-refractivity contribution in [3.63, 3.8) is 0 Å². The highest BCUT2D eigenvalue weighted by Crippen LogP contribution is 2.36. The molecule has 1 aliphatic carbocycles. The highest BCUT2D eigenvalue weighted by molar-refractivity contribution is 6.05. The largest absolute Gasteiger partial charge is 0.497 e. The van der Waals surface area contributed by atoms with E-state index in [2.05, 4.69) is 10.5 Å². The third-order valence-electron chi connectivity index (χ3n) is 6.47. The Morgan fingerprint density at radius 1 is 1.15 bits per heavy atom. The summed E-state index contributed by atoms with van der Waals surface area (Å²) in [6.07, 6.45) is 2.34. The molecule has 0 bridgehead atoms. The van der Waals surface area contributed by atoms with Crippen LogP contribution in [0.3, 0.4) is 0 Å². The smallest absolute Gasteiger partial charge is 0.295 e. The maximum atomic E-state index is 13.3. The van der Waals surface area contributed by atoms with Gasteiger partial charge in [-0.3, -0.25) is 14.3 Å². The van der Waals surface area contributed by atoms with Crippen LogP contribution >= 0.6 is 0 Å². The number of fused-ring (bicyclic) bond motifs is 3. The number of ether oxygens (including phenoxy) is 1. The molecule has 0 spiro atoms. The van der Waals surface area contributed by atoms with E-state index in [1.165, 1.54) is 0 Å². The standard InChI is InChI=1S/C26H26N4O4/c1-15-7-5-9-18(13-15)30-26(32)22(16(2)29(30)3)27-25(31)23-21-10-6-8-17-14-19(33-4)11-12-20(17)24(21)34-28-23/h5,7,9,11-14H,6,8,10H2,1-4H3,(H,27,31). The predicted molar refractivity (Wildman–Crippen MR) is 129 cm³/mol. The number of nitrogens with one attached hydrogen (secondary N) is 1. The van der Waals surface area contributed by atoms with Gasteiger partial charge in [0.2, 0.25) is 0 Å². The molecule has 0 saturated carbocycles. The number of benzene rings is 2. The fourth-order valence-electron chi connectivity index (χ4n) is 4.59. The van der Waals surface area contributed by atoms with E-state index >= 15 is 0 Å². The minimum atomic E-state index is -0.454. The normalized spacial score (nSPS) is 12.6. The molecular formula is C26H26N4O4. The number of anilines is 1. The molecule has 34 heavy (non-hydrogen) atoms. The number of amides is 1. The minimum absolute atomic E-state index is 0.212.